The molecule has 0 spiro atoms. The van der Waals surface area contributed by atoms with E-state index in [2.05, 4.69) is 17.6 Å². The van der Waals surface area contributed by atoms with Gasteiger partial charge in [0.1, 0.15) is 11.9 Å². The second kappa shape index (κ2) is 10.3. The van der Waals surface area contributed by atoms with Crippen LogP contribution in [0.2, 0.25) is 0 Å². The van der Waals surface area contributed by atoms with Crippen molar-refractivity contribution in [3.63, 3.8) is 0 Å². The van der Waals surface area contributed by atoms with Crippen LogP contribution in [-0.4, -0.2) is 17.7 Å². The number of thiophene rings is 2. The lowest BCUT2D eigenvalue weighted by molar-refractivity contribution is 0.228. The topological polar surface area (TPSA) is 70.6 Å². The number of aliphatic hydroxyl groups excluding tert-OH is 1. The molecule has 0 bridgehead atoms. The molecule has 0 fully saturated rings. The summed E-state index contributed by atoms with van der Waals surface area (Å²) >= 11 is 3.03. The van der Waals surface area contributed by atoms with Gasteiger partial charge in [0.15, 0.2) is 0 Å². The second-order valence-corrected chi connectivity index (χ2v) is 8.44. The van der Waals surface area contributed by atoms with E-state index in [1.165, 1.54) is 22.7 Å². The van der Waals surface area contributed by atoms with Gasteiger partial charge >= 0.3 is 6.03 Å². The molecule has 0 saturated carbocycles. The maximum absolute atomic E-state index is 12.1. The fraction of sp³-hybridized carbons (Fsp3) is 0.286. The molecule has 1 atom stereocenters. The zero-order valence-corrected chi connectivity index (χ0v) is 17.3. The van der Waals surface area contributed by atoms with E-state index in [4.69, 9.17) is 4.74 Å². The largest absolute Gasteiger partial charge is 0.494 e. The zero-order valence-electron chi connectivity index (χ0n) is 15.7. The molecular formula is C21H24N2O3S2. The monoisotopic (exact) mass is 416 g/mol. The van der Waals surface area contributed by atoms with Crippen molar-refractivity contribution in [1.29, 1.82) is 0 Å². The van der Waals surface area contributed by atoms with E-state index < -0.39 is 6.10 Å². The number of ether oxygens (including phenoxy) is 1. The van der Waals surface area contributed by atoms with Crippen molar-refractivity contribution < 1.29 is 14.6 Å². The third-order valence-electron chi connectivity index (χ3n) is 4.07. The Balaban J connectivity index is 1.45. The van der Waals surface area contributed by atoms with Gasteiger partial charge in [0, 0.05) is 20.3 Å². The van der Waals surface area contributed by atoms with Crippen LogP contribution in [0.5, 0.6) is 5.75 Å². The van der Waals surface area contributed by atoms with Gasteiger partial charge in [-0.15, -0.1) is 22.7 Å². The molecule has 0 aliphatic carbocycles. The maximum atomic E-state index is 12.1. The number of hydrogen-bond donors (Lipinski definition) is 3. The van der Waals surface area contributed by atoms with Crippen LogP contribution in [0, 0.1) is 0 Å². The number of urea groups is 1. The van der Waals surface area contributed by atoms with Gasteiger partial charge in [-0.25, -0.2) is 4.79 Å². The summed E-state index contributed by atoms with van der Waals surface area (Å²) in [6, 6.07) is 14.7. The third kappa shape index (κ3) is 5.82. The molecule has 5 nitrogen and oxygen atoms in total. The van der Waals surface area contributed by atoms with Crippen LogP contribution in [0.4, 0.5) is 10.5 Å². The standard InChI is InChI=1S/C21H24N2O3S2/c1-2-3-12-26-16-8-6-15(7-9-16)23-21(25)22-14-17-10-11-19(28-17)20(24)18-5-4-13-27-18/h4-11,13,20,24H,2-3,12,14H2,1H3,(H2,22,23,25). The van der Waals surface area contributed by atoms with Crippen molar-refractivity contribution in [1.82, 2.24) is 5.32 Å². The molecule has 0 radical (unpaired) electrons. The first-order valence-electron chi connectivity index (χ1n) is 9.23. The van der Waals surface area contributed by atoms with Gasteiger partial charge in [0.05, 0.1) is 13.2 Å². The Hall–Kier alpha value is -2.35. The van der Waals surface area contributed by atoms with Crippen LogP contribution < -0.4 is 15.4 Å². The van der Waals surface area contributed by atoms with E-state index in [0.717, 1.165) is 33.2 Å². The number of anilines is 1. The number of amides is 2. The quantitative estimate of drug-likeness (QED) is 0.410. The zero-order chi connectivity index (χ0) is 19.8. The lowest BCUT2D eigenvalue weighted by atomic mass is 10.2. The van der Waals surface area contributed by atoms with Crippen molar-refractivity contribution >= 4 is 34.4 Å². The van der Waals surface area contributed by atoms with E-state index in [1.807, 2.05) is 53.9 Å². The number of nitrogens with one attached hydrogen (secondary N) is 2. The highest BCUT2D eigenvalue weighted by Gasteiger charge is 2.14. The Morgan fingerprint density at radius 1 is 1.14 bits per heavy atom. The summed E-state index contributed by atoms with van der Waals surface area (Å²) in [5, 5.41) is 18.0. The van der Waals surface area contributed by atoms with Gasteiger partial charge in [-0.2, -0.15) is 0 Å². The molecule has 148 valence electrons. The highest BCUT2D eigenvalue weighted by Crippen LogP contribution is 2.30. The van der Waals surface area contributed by atoms with Crippen LogP contribution in [0.3, 0.4) is 0 Å². The molecule has 28 heavy (non-hydrogen) atoms. The Morgan fingerprint density at radius 2 is 1.96 bits per heavy atom. The van der Waals surface area contributed by atoms with Crippen LogP contribution in [0.1, 0.15) is 40.5 Å². The normalized spacial score (nSPS) is 11.8. The Morgan fingerprint density at radius 3 is 2.68 bits per heavy atom. The highest BCUT2D eigenvalue weighted by molar-refractivity contribution is 7.12. The minimum atomic E-state index is -0.606. The van der Waals surface area contributed by atoms with E-state index in [1.54, 1.807) is 0 Å². The molecule has 0 saturated heterocycles. The van der Waals surface area contributed by atoms with Crippen LogP contribution in [0.15, 0.2) is 53.9 Å². The average Bonchev–Trinajstić information content (AvgIpc) is 3.40. The second-order valence-electron chi connectivity index (χ2n) is 6.26. The smallest absolute Gasteiger partial charge is 0.319 e. The molecule has 0 aliphatic heterocycles. The molecule has 3 aromatic rings. The van der Waals surface area contributed by atoms with Crippen LogP contribution >= 0.6 is 22.7 Å². The molecule has 7 heteroatoms. The molecule has 3 N–H and O–H groups in total. The van der Waals surface area contributed by atoms with Crippen molar-refractivity contribution in [3.8, 4) is 5.75 Å². The number of carbonyl (C=O) groups is 1. The molecule has 0 aliphatic rings. The SMILES string of the molecule is CCCCOc1ccc(NC(=O)NCc2ccc(C(O)c3cccs3)s2)cc1. The van der Waals surface area contributed by atoms with Crippen molar-refractivity contribution in [2.24, 2.45) is 0 Å². The molecule has 2 amide bonds. The molecular weight excluding hydrogens is 392 g/mol. The summed E-state index contributed by atoms with van der Waals surface area (Å²) in [5.74, 6) is 0.801. The summed E-state index contributed by atoms with van der Waals surface area (Å²) in [6.45, 7) is 3.23. The lowest BCUT2D eigenvalue weighted by Crippen LogP contribution is -2.27. The Kier molecular flexibility index (Phi) is 7.47. The number of unbranched alkanes of at least 4 members (excludes halogenated alkanes) is 1. The van der Waals surface area contributed by atoms with E-state index in [9.17, 15) is 9.90 Å². The minimum Gasteiger partial charge on any atom is -0.494 e. The van der Waals surface area contributed by atoms with Gasteiger partial charge in [-0.1, -0.05) is 19.4 Å². The fourth-order valence-corrected chi connectivity index (χ4v) is 4.29. The number of aliphatic hydroxyl groups is 1. The number of rotatable bonds is 9. The van der Waals surface area contributed by atoms with Gasteiger partial charge in [0.25, 0.3) is 0 Å². The number of carbonyl (C=O) groups excluding carboxylic acids is 1. The fourth-order valence-electron chi connectivity index (χ4n) is 2.54. The summed E-state index contributed by atoms with van der Waals surface area (Å²) in [7, 11) is 0. The molecule has 3 rings (SSSR count). The molecule has 1 aromatic carbocycles. The predicted molar refractivity (Wildman–Crippen MR) is 115 cm³/mol. The summed E-state index contributed by atoms with van der Waals surface area (Å²) in [6.07, 6.45) is 1.51. The number of benzene rings is 1. The van der Waals surface area contributed by atoms with Crippen LogP contribution in [-0.2, 0) is 6.54 Å². The molecule has 2 aromatic heterocycles. The summed E-state index contributed by atoms with van der Waals surface area (Å²) in [4.78, 5) is 14.9. The molecule has 2 heterocycles. The maximum Gasteiger partial charge on any atom is 0.319 e. The van der Waals surface area contributed by atoms with Gasteiger partial charge in [-0.3, -0.25) is 0 Å². The molecule has 1 unspecified atom stereocenters. The Labute approximate surface area is 173 Å². The van der Waals surface area contributed by atoms with Crippen LogP contribution in [0.25, 0.3) is 0 Å². The average molecular weight is 417 g/mol. The van der Waals surface area contributed by atoms with Gasteiger partial charge in [-0.05, 0) is 54.3 Å². The van der Waals surface area contributed by atoms with Crippen molar-refractivity contribution in [2.75, 3.05) is 11.9 Å². The first kappa shape index (κ1) is 20.4. The first-order chi connectivity index (χ1) is 13.7. The summed E-state index contributed by atoms with van der Waals surface area (Å²) < 4.78 is 5.61. The predicted octanol–water partition coefficient (Wildman–Crippen LogP) is 5.39. The van der Waals surface area contributed by atoms with E-state index in [-0.39, 0.29) is 6.03 Å². The van der Waals surface area contributed by atoms with Gasteiger partial charge in [0.2, 0.25) is 0 Å². The van der Waals surface area contributed by atoms with Crippen molar-refractivity contribution in [2.45, 2.75) is 32.4 Å². The minimum absolute atomic E-state index is 0.270. The first-order valence-corrected chi connectivity index (χ1v) is 10.9. The third-order valence-corrected chi connectivity index (χ3v) is 6.13. The van der Waals surface area contributed by atoms with E-state index in [0.29, 0.717) is 18.8 Å². The van der Waals surface area contributed by atoms with E-state index >= 15 is 0 Å². The lowest BCUT2D eigenvalue weighted by Gasteiger charge is -2.09. The number of hydrogen-bond acceptors (Lipinski definition) is 5. The Bertz CT molecular complexity index is 860. The van der Waals surface area contributed by atoms with Gasteiger partial charge < -0.3 is 20.5 Å². The van der Waals surface area contributed by atoms with Crippen molar-refractivity contribution in [3.05, 3.63) is 68.5 Å². The summed E-state index contributed by atoms with van der Waals surface area (Å²) in [5.41, 5.74) is 0.709. The highest BCUT2D eigenvalue weighted by atomic mass is 32.1.